The summed E-state index contributed by atoms with van der Waals surface area (Å²) in [6.07, 6.45) is 0. The molecule has 0 N–H and O–H groups in total. The Labute approximate surface area is 161 Å². The minimum absolute atomic E-state index is 0.119. The first-order chi connectivity index (χ1) is 13.6. The molecule has 0 bridgehead atoms. The Morgan fingerprint density at radius 2 is 1.82 bits per heavy atom. The summed E-state index contributed by atoms with van der Waals surface area (Å²) < 4.78 is 15.1. The van der Waals surface area contributed by atoms with E-state index in [1.54, 1.807) is 15.5 Å². The highest BCUT2D eigenvalue weighted by molar-refractivity contribution is 5.94. The van der Waals surface area contributed by atoms with Gasteiger partial charge in [-0.3, -0.25) is 9.59 Å². The third-order valence-electron chi connectivity index (χ3n) is 5.09. The van der Waals surface area contributed by atoms with Gasteiger partial charge in [-0.2, -0.15) is 0 Å². The van der Waals surface area contributed by atoms with E-state index in [4.69, 9.17) is 0 Å². The summed E-state index contributed by atoms with van der Waals surface area (Å²) in [6.45, 7) is 4.42. The molecule has 1 saturated heterocycles. The molecule has 1 amide bonds. The first-order valence-electron chi connectivity index (χ1n) is 9.38. The normalized spacial score (nSPS) is 14.5. The number of piperazine rings is 1. The van der Waals surface area contributed by atoms with Gasteiger partial charge in [0.25, 0.3) is 11.5 Å². The number of amides is 1. The largest absolute Gasteiger partial charge is 0.348 e. The van der Waals surface area contributed by atoms with E-state index in [0.717, 1.165) is 11.0 Å². The van der Waals surface area contributed by atoms with Gasteiger partial charge in [0.1, 0.15) is 5.82 Å². The smallest absolute Gasteiger partial charge is 0.293 e. The van der Waals surface area contributed by atoms with Crippen LogP contribution >= 0.6 is 0 Å². The van der Waals surface area contributed by atoms with Crippen molar-refractivity contribution >= 4 is 22.8 Å². The quantitative estimate of drug-likeness (QED) is 0.701. The monoisotopic (exact) mass is 380 g/mol. The topological polar surface area (TPSA) is 58.4 Å². The van der Waals surface area contributed by atoms with Crippen molar-refractivity contribution < 1.29 is 9.18 Å². The summed E-state index contributed by atoms with van der Waals surface area (Å²) in [6, 6.07) is 13.3. The Hall–Kier alpha value is -3.22. The van der Waals surface area contributed by atoms with Gasteiger partial charge < -0.3 is 14.4 Å². The van der Waals surface area contributed by atoms with Crippen LogP contribution in [-0.4, -0.2) is 46.5 Å². The van der Waals surface area contributed by atoms with Crippen LogP contribution in [0, 0.1) is 5.82 Å². The Bertz CT molecular complexity index is 1090. The van der Waals surface area contributed by atoms with Gasteiger partial charge in [0, 0.05) is 38.3 Å². The molecule has 0 atom stereocenters. The summed E-state index contributed by atoms with van der Waals surface area (Å²) in [5, 5.41) is 0. The van der Waals surface area contributed by atoms with E-state index in [9.17, 15) is 14.0 Å². The van der Waals surface area contributed by atoms with Crippen molar-refractivity contribution in [3.8, 4) is 0 Å². The average molecular weight is 380 g/mol. The maximum absolute atomic E-state index is 13.4. The lowest BCUT2D eigenvalue weighted by molar-refractivity contribution is 0.0746. The lowest BCUT2D eigenvalue weighted by atomic mass is 10.1. The number of benzene rings is 2. The summed E-state index contributed by atoms with van der Waals surface area (Å²) in [5.74, 6) is -0.208. The number of carbonyl (C=O) groups is 1. The van der Waals surface area contributed by atoms with Crippen molar-refractivity contribution in [2.24, 2.45) is 0 Å². The zero-order valence-corrected chi connectivity index (χ0v) is 15.6. The molecule has 1 aromatic heterocycles. The zero-order valence-electron chi connectivity index (χ0n) is 15.6. The number of para-hydroxylation sites is 2. The molecule has 0 aliphatic carbocycles. The molecule has 1 aliphatic rings. The lowest BCUT2D eigenvalue weighted by Gasteiger charge is -2.35. The fourth-order valence-corrected chi connectivity index (χ4v) is 3.62. The Kier molecular flexibility index (Phi) is 4.81. The van der Waals surface area contributed by atoms with Crippen LogP contribution in [0.1, 0.15) is 17.3 Å². The molecule has 0 unspecified atom stereocenters. The van der Waals surface area contributed by atoms with Crippen LogP contribution in [0.3, 0.4) is 0 Å². The molecular weight excluding hydrogens is 359 g/mol. The SMILES string of the molecule is CCn1c(=O)c(N2CCN(C(=O)c3cccc(F)c3)CC2)nc2ccccc21. The van der Waals surface area contributed by atoms with Crippen molar-refractivity contribution in [2.45, 2.75) is 13.5 Å². The Balaban J connectivity index is 1.56. The second-order valence-corrected chi connectivity index (χ2v) is 6.76. The van der Waals surface area contributed by atoms with Crippen molar-refractivity contribution in [3.63, 3.8) is 0 Å². The summed E-state index contributed by atoms with van der Waals surface area (Å²) >= 11 is 0. The third-order valence-corrected chi connectivity index (χ3v) is 5.09. The van der Waals surface area contributed by atoms with Crippen molar-refractivity contribution in [2.75, 3.05) is 31.1 Å². The van der Waals surface area contributed by atoms with E-state index in [2.05, 4.69) is 4.98 Å². The van der Waals surface area contributed by atoms with E-state index in [1.807, 2.05) is 36.1 Å². The minimum Gasteiger partial charge on any atom is -0.348 e. The fourth-order valence-electron chi connectivity index (χ4n) is 3.62. The molecule has 1 fully saturated rings. The van der Waals surface area contributed by atoms with Crippen molar-refractivity contribution in [3.05, 3.63) is 70.3 Å². The number of carbonyl (C=O) groups excluding carboxylic acids is 1. The number of aromatic nitrogens is 2. The number of hydrogen-bond donors (Lipinski definition) is 0. The van der Waals surface area contributed by atoms with Crippen molar-refractivity contribution in [1.82, 2.24) is 14.5 Å². The van der Waals surface area contributed by atoms with Crippen LogP contribution in [0.25, 0.3) is 11.0 Å². The van der Waals surface area contributed by atoms with Gasteiger partial charge in [-0.1, -0.05) is 18.2 Å². The van der Waals surface area contributed by atoms with Crippen LogP contribution in [-0.2, 0) is 6.54 Å². The van der Waals surface area contributed by atoms with Crippen LogP contribution in [0.5, 0.6) is 0 Å². The molecule has 1 aliphatic heterocycles. The maximum Gasteiger partial charge on any atom is 0.293 e. The molecule has 3 aromatic rings. The zero-order chi connectivity index (χ0) is 19.7. The molecule has 0 spiro atoms. The number of halogens is 1. The molecule has 28 heavy (non-hydrogen) atoms. The van der Waals surface area contributed by atoms with Gasteiger partial charge in [-0.15, -0.1) is 0 Å². The van der Waals surface area contributed by atoms with Gasteiger partial charge in [-0.25, -0.2) is 9.37 Å². The number of anilines is 1. The van der Waals surface area contributed by atoms with E-state index in [1.165, 1.54) is 18.2 Å². The van der Waals surface area contributed by atoms with Gasteiger partial charge in [-0.05, 0) is 37.3 Å². The second-order valence-electron chi connectivity index (χ2n) is 6.76. The third kappa shape index (κ3) is 3.24. The highest BCUT2D eigenvalue weighted by Gasteiger charge is 2.25. The van der Waals surface area contributed by atoms with Crippen LogP contribution in [0.4, 0.5) is 10.2 Å². The molecule has 0 saturated carbocycles. The van der Waals surface area contributed by atoms with E-state index in [-0.39, 0.29) is 11.5 Å². The molecule has 144 valence electrons. The van der Waals surface area contributed by atoms with Gasteiger partial charge in [0.05, 0.1) is 11.0 Å². The average Bonchev–Trinajstić information content (AvgIpc) is 2.73. The fraction of sp³-hybridized carbons (Fsp3) is 0.286. The minimum atomic E-state index is -0.426. The van der Waals surface area contributed by atoms with Gasteiger partial charge in [0.15, 0.2) is 5.82 Å². The molecule has 7 heteroatoms. The number of hydrogen-bond acceptors (Lipinski definition) is 4. The van der Waals surface area contributed by atoms with Crippen LogP contribution in [0.15, 0.2) is 53.3 Å². The predicted molar refractivity (Wildman–Crippen MR) is 106 cm³/mol. The standard InChI is InChI=1S/C21H21FN4O2/c1-2-26-18-9-4-3-8-17(18)23-19(21(26)28)24-10-12-25(13-11-24)20(27)15-6-5-7-16(22)14-15/h3-9,14H,2,10-13H2,1H3. The summed E-state index contributed by atoms with van der Waals surface area (Å²) in [4.78, 5) is 33.7. The summed E-state index contributed by atoms with van der Waals surface area (Å²) in [5.41, 5.74) is 1.81. The first kappa shape index (κ1) is 18.2. The molecule has 2 heterocycles. The first-order valence-corrected chi connectivity index (χ1v) is 9.38. The van der Waals surface area contributed by atoms with E-state index in [0.29, 0.717) is 44.1 Å². The Morgan fingerprint density at radius 1 is 1.07 bits per heavy atom. The number of rotatable bonds is 3. The highest BCUT2D eigenvalue weighted by atomic mass is 19.1. The molecular formula is C21H21FN4O2. The number of aryl methyl sites for hydroxylation is 1. The van der Waals surface area contributed by atoms with E-state index >= 15 is 0 Å². The predicted octanol–water partition coefficient (Wildman–Crippen LogP) is 2.52. The number of nitrogens with zero attached hydrogens (tertiary/aromatic N) is 4. The van der Waals surface area contributed by atoms with Gasteiger partial charge in [0.2, 0.25) is 0 Å². The number of fused-ring (bicyclic) bond motifs is 1. The van der Waals surface area contributed by atoms with Gasteiger partial charge >= 0.3 is 0 Å². The summed E-state index contributed by atoms with van der Waals surface area (Å²) in [7, 11) is 0. The maximum atomic E-state index is 13.4. The lowest BCUT2D eigenvalue weighted by Crippen LogP contribution is -2.50. The van der Waals surface area contributed by atoms with Crippen LogP contribution < -0.4 is 10.5 Å². The highest BCUT2D eigenvalue weighted by Crippen LogP contribution is 2.17. The van der Waals surface area contributed by atoms with Crippen LogP contribution in [0.2, 0.25) is 0 Å². The van der Waals surface area contributed by atoms with E-state index < -0.39 is 5.82 Å². The molecule has 4 rings (SSSR count). The molecule has 2 aromatic carbocycles. The second kappa shape index (κ2) is 7.42. The van der Waals surface area contributed by atoms with Crippen molar-refractivity contribution in [1.29, 1.82) is 0 Å². The Morgan fingerprint density at radius 3 is 2.54 bits per heavy atom. The molecule has 6 nitrogen and oxygen atoms in total. The molecule has 0 radical (unpaired) electrons.